The van der Waals surface area contributed by atoms with Gasteiger partial charge in [-0.25, -0.2) is 0 Å². The molecule has 0 aliphatic heterocycles. The molecule has 3 heteroatoms. The fourth-order valence-electron chi connectivity index (χ4n) is 2.42. The third kappa shape index (κ3) is 1.45. The van der Waals surface area contributed by atoms with Crippen molar-refractivity contribution in [2.75, 3.05) is 0 Å². The molecular formula is C12H13ClN2. The van der Waals surface area contributed by atoms with Crippen molar-refractivity contribution in [2.45, 2.75) is 25.3 Å². The van der Waals surface area contributed by atoms with Gasteiger partial charge in [0.2, 0.25) is 0 Å². The van der Waals surface area contributed by atoms with Crippen LogP contribution in [-0.2, 0) is 12.8 Å². The van der Waals surface area contributed by atoms with Gasteiger partial charge in [-0.2, -0.15) is 0 Å². The summed E-state index contributed by atoms with van der Waals surface area (Å²) in [5.74, 6) is 0. The molecule has 1 unspecified atom stereocenters. The van der Waals surface area contributed by atoms with Crippen LogP contribution in [0.3, 0.4) is 0 Å². The molecule has 0 saturated heterocycles. The van der Waals surface area contributed by atoms with E-state index in [1.807, 2.05) is 12.1 Å². The van der Waals surface area contributed by atoms with E-state index in [2.05, 4.69) is 11.1 Å². The Morgan fingerprint density at radius 3 is 3.13 bits per heavy atom. The van der Waals surface area contributed by atoms with Gasteiger partial charge in [-0.15, -0.1) is 0 Å². The van der Waals surface area contributed by atoms with Crippen LogP contribution >= 0.6 is 11.6 Å². The number of aryl methyl sites for hydroxylation is 1. The third-order valence-electron chi connectivity index (χ3n) is 3.19. The maximum atomic E-state index is 5.99. The average Bonchev–Trinajstić information content (AvgIpc) is 2.54. The standard InChI is InChI=1S/C12H13ClN2/c13-7-1-3-9-10-6-8(14)2-4-11(10)15-12(9)5-7/h1,3,5,8,15H,2,4,6,14H2. The van der Waals surface area contributed by atoms with E-state index in [4.69, 9.17) is 17.3 Å². The van der Waals surface area contributed by atoms with Crippen molar-refractivity contribution < 1.29 is 0 Å². The second-order valence-corrected chi connectivity index (χ2v) is 4.71. The van der Waals surface area contributed by atoms with Gasteiger partial charge in [0, 0.05) is 27.7 Å². The highest BCUT2D eigenvalue weighted by molar-refractivity contribution is 6.31. The lowest BCUT2D eigenvalue weighted by atomic mass is 9.92. The van der Waals surface area contributed by atoms with Crippen LogP contribution in [-0.4, -0.2) is 11.0 Å². The first kappa shape index (κ1) is 9.25. The zero-order valence-electron chi connectivity index (χ0n) is 8.39. The van der Waals surface area contributed by atoms with Crippen LogP contribution in [0.4, 0.5) is 0 Å². The maximum Gasteiger partial charge on any atom is 0.0473 e. The fourth-order valence-corrected chi connectivity index (χ4v) is 2.60. The first-order valence-electron chi connectivity index (χ1n) is 5.28. The minimum atomic E-state index is 0.312. The molecule has 0 fully saturated rings. The second-order valence-electron chi connectivity index (χ2n) is 4.27. The van der Waals surface area contributed by atoms with Gasteiger partial charge in [0.25, 0.3) is 0 Å². The lowest BCUT2D eigenvalue weighted by molar-refractivity contribution is 0.574. The van der Waals surface area contributed by atoms with Crippen molar-refractivity contribution in [3.63, 3.8) is 0 Å². The summed E-state index contributed by atoms with van der Waals surface area (Å²) < 4.78 is 0. The van der Waals surface area contributed by atoms with Crippen LogP contribution in [0.1, 0.15) is 17.7 Å². The van der Waals surface area contributed by atoms with Gasteiger partial charge in [0.05, 0.1) is 0 Å². The molecule has 3 rings (SSSR count). The molecule has 1 atom stereocenters. The summed E-state index contributed by atoms with van der Waals surface area (Å²) >= 11 is 5.97. The zero-order valence-corrected chi connectivity index (χ0v) is 9.14. The van der Waals surface area contributed by atoms with E-state index >= 15 is 0 Å². The molecule has 1 aromatic heterocycles. The van der Waals surface area contributed by atoms with E-state index < -0.39 is 0 Å². The molecule has 1 aliphatic carbocycles. The molecule has 2 nitrogen and oxygen atoms in total. The fraction of sp³-hybridized carbons (Fsp3) is 0.333. The summed E-state index contributed by atoms with van der Waals surface area (Å²) in [5.41, 5.74) is 9.86. The minimum absolute atomic E-state index is 0.312. The minimum Gasteiger partial charge on any atom is -0.358 e. The monoisotopic (exact) mass is 220 g/mol. The van der Waals surface area contributed by atoms with Crippen molar-refractivity contribution in [3.05, 3.63) is 34.5 Å². The molecule has 0 bridgehead atoms. The maximum absolute atomic E-state index is 5.99. The molecule has 15 heavy (non-hydrogen) atoms. The summed E-state index contributed by atoms with van der Waals surface area (Å²) in [6.45, 7) is 0. The largest absolute Gasteiger partial charge is 0.358 e. The number of aromatic nitrogens is 1. The summed E-state index contributed by atoms with van der Waals surface area (Å²) in [6, 6.07) is 6.33. The SMILES string of the molecule is NC1CCc2[nH]c3cc(Cl)ccc3c2C1. The molecule has 0 amide bonds. The van der Waals surface area contributed by atoms with E-state index in [0.717, 1.165) is 29.8 Å². The summed E-state index contributed by atoms with van der Waals surface area (Å²) in [7, 11) is 0. The van der Waals surface area contributed by atoms with E-state index in [0.29, 0.717) is 6.04 Å². The van der Waals surface area contributed by atoms with E-state index in [9.17, 15) is 0 Å². The number of hydrogen-bond donors (Lipinski definition) is 2. The Balaban J connectivity index is 2.24. The Morgan fingerprint density at radius 2 is 2.27 bits per heavy atom. The predicted molar refractivity (Wildman–Crippen MR) is 63.3 cm³/mol. The highest BCUT2D eigenvalue weighted by Crippen LogP contribution is 2.30. The smallest absolute Gasteiger partial charge is 0.0473 e. The van der Waals surface area contributed by atoms with Gasteiger partial charge in [-0.1, -0.05) is 17.7 Å². The second kappa shape index (κ2) is 3.26. The first-order chi connectivity index (χ1) is 7.24. The summed E-state index contributed by atoms with van der Waals surface area (Å²) in [6.07, 6.45) is 3.12. The van der Waals surface area contributed by atoms with Crippen molar-refractivity contribution in [1.82, 2.24) is 4.98 Å². The quantitative estimate of drug-likeness (QED) is 0.704. The number of halogens is 1. The van der Waals surface area contributed by atoms with Gasteiger partial charge < -0.3 is 10.7 Å². The van der Waals surface area contributed by atoms with E-state index in [1.54, 1.807) is 0 Å². The Labute approximate surface area is 93.4 Å². The highest BCUT2D eigenvalue weighted by Gasteiger charge is 2.19. The van der Waals surface area contributed by atoms with Gasteiger partial charge in [0.1, 0.15) is 0 Å². The zero-order chi connectivity index (χ0) is 10.4. The van der Waals surface area contributed by atoms with Gasteiger partial charge in [-0.3, -0.25) is 0 Å². The number of fused-ring (bicyclic) bond motifs is 3. The Bertz CT molecular complexity index is 516. The molecule has 2 aromatic rings. The van der Waals surface area contributed by atoms with Crippen molar-refractivity contribution >= 4 is 22.5 Å². The Morgan fingerprint density at radius 1 is 1.40 bits per heavy atom. The first-order valence-corrected chi connectivity index (χ1v) is 5.66. The lowest BCUT2D eigenvalue weighted by Gasteiger charge is -2.17. The molecule has 3 N–H and O–H groups in total. The van der Waals surface area contributed by atoms with Crippen LogP contribution in [0.5, 0.6) is 0 Å². The van der Waals surface area contributed by atoms with Crippen LogP contribution in [0.25, 0.3) is 10.9 Å². The Kier molecular flexibility index (Phi) is 2.01. The summed E-state index contributed by atoms with van der Waals surface area (Å²) in [4.78, 5) is 3.44. The van der Waals surface area contributed by atoms with Crippen molar-refractivity contribution in [2.24, 2.45) is 5.73 Å². The topological polar surface area (TPSA) is 41.8 Å². The van der Waals surface area contributed by atoms with Crippen LogP contribution in [0.2, 0.25) is 5.02 Å². The third-order valence-corrected chi connectivity index (χ3v) is 3.42. The van der Waals surface area contributed by atoms with E-state index in [-0.39, 0.29) is 0 Å². The number of hydrogen-bond acceptors (Lipinski definition) is 1. The van der Waals surface area contributed by atoms with Crippen molar-refractivity contribution in [1.29, 1.82) is 0 Å². The van der Waals surface area contributed by atoms with Gasteiger partial charge >= 0.3 is 0 Å². The molecular weight excluding hydrogens is 208 g/mol. The van der Waals surface area contributed by atoms with Crippen molar-refractivity contribution in [3.8, 4) is 0 Å². The lowest BCUT2D eigenvalue weighted by Crippen LogP contribution is -2.27. The number of nitrogens with one attached hydrogen (secondary N) is 1. The van der Waals surface area contributed by atoms with E-state index in [1.165, 1.54) is 16.6 Å². The number of nitrogens with two attached hydrogens (primary N) is 1. The van der Waals surface area contributed by atoms with Crippen LogP contribution in [0.15, 0.2) is 18.2 Å². The molecule has 78 valence electrons. The van der Waals surface area contributed by atoms with Gasteiger partial charge in [0.15, 0.2) is 0 Å². The summed E-state index contributed by atoms with van der Waals surface area (Å²) in [5, 5.41) is 2.06. The number of aromatic amines is 1. The number of benzene rings is 1. The molecule has 1 heterocycles. The van der Waals surface area contributed by atoms with Gasteiger partial charge in [-0.05, 0) is 37.0 Å². The molecule has 1 aromatic carbocycles. The highest BCUT2D eigenvalue weighted by atomic mass is 35.5. The van der Waals surface area contributed by atoms with Crippen LogP contribution in [0, 0.1) is 0 Å². The Hall–Kier alpha value is -0.990. The molecule has 0 spiro atoms. The normalized spacial score (nSPS) is 20.5. The number of rotatable bonds is 0. The average molecular weight is 221 g/mol. The predicted octanol–water partition coefficient (Wildman–Crippen LogP) is 2.64. The molecule has 0 saturated carbocycles. The number of H-pyrrole nitrogens is 1. The molecule has 1 aliphatic rings. The van der Waals surface area contributed by atoms with Crippen LogP contribution < -0.4 is 5.73 Å². The molecule has 0 radical (unpaired) electrons.